The lowest BCUT2D eigenvalue weighted by molar-refractivity contribution is -0.142. The molecule has 1 aromatic rings. The number of nitrogens with one attached hydrogen (secondary N) is 1. The van der Waals surface area contributed by atoms with E-state index >= 15 is 0 Å². The summed E-state index contributed by atoms with van der Waals surface area (Å²) in [6, 6.07) is 0. The predicted octanol–water partition coefficient (Wildman–Crippen LogP) is 1.93. The van der Waals surface area contributed by atoms with Crippen molar-refractivity contribution in [3.05, 3.63) is 11.8 Å². The summed E-state index contributed by atoms with van der Waals surface area (Å²) in [5.74, 6) is -0.692. The summed E-state index contributed by atoms with van der Waals surface area (Å²) in [4.78, 5) is 10.9. The van der Waals surface area contributed by atoms with Gasteiger partial charge in [-0.25, -0.2) is 0 Å². The maximum absolute atomic E-state index is 12.0. The Morgan fingerprint density at radius 1 is 1.62 bits per heavy atom. The summed E-state index contributed by atoms with van der Waals surface area (Å²) >= 11 is 5.24. The number of rotatable bonds is 3. The first-order valence-electron chi connectivity index (χ1n) is 4.28. The van der Waals surface area contributed by atoms with Crippen LogP contribution < -0.4 is 5.32 Å². The van der Waals surface area contributed by atoms with Crippen molar-refractivity contribution in [2.75, 3.05) is 11.2 Å². The van der Waals surface area contributed by atoms with Crippen molar-refractivity contribution >= 4 is 23.3 Å². The highest BCUT2D eigenvalue weighted by atomic mass is 35.5. The third-order valence-electron chi connectivity index (χ3n) is 1.67. The molecule has 1 rings (SSSR count). The molecule has 1 N–H and O–H groups in total. The molecule has 1 amide bonds. The molecule has 1 heterocycles. The highest BCUT2D eigenvalue weighted by molar-refractivity contribution is 6.29. The highest BCUT2D eigenvalue weighted by Gasteiger charge is 2.28. The topological polar surface area (TPSA) is 46.9 Å². The van der Waals surface area contributed by atoms with Gasteiger partial charge < -0.3 is 5.32 Å². The molecule has 0 saturated heterocycles. The molecule has 0 unspecified atom stereocenters. The molecule has 8 heteroatoms. The standard InChI is InChI=1S/C8H9ClF3N3O/c1-5-3-15(4-8(10,11)12)14-7(5)13-6(16)2-9/h3H,2,4H2,1H3,(H,13,14,16). The van der Waals surface area contributed by atoms with Gasteiger partial charge in [0.15, 0.2) is 5.82 Å². The Bertz CT molecular complexity index is 388. The Hall–Kier alpha value is -1.24. The minimum atomic E-state index is -4.34. The van der Waals surface area contributed by atoms with Crippen molar-refractivity contribution < 1.29 is 18.0 Å². The normalized spacial score (nSPS) is 11.6. The number of hydrogen-bond donors (Lipinski definition) is 1. The third kappa shape index (κ3) is 3.73. The second kappa shape index (κ2) is 4.73. The van der Waals surface area contributed by atoms with Gasteiger partial charge in [-0.2, -0.15) is 18.3 Å². The van der Waals surface area contributed by atoms with Gasteiger partial charge in [-0.05, 0) is 6.92 Å². The average molecular weight is 256 g/mol. The zero-order chi connectivity index (χ0) is 12.3. The number of nitrogens with zero attached hydrogens (tertiary/aromatic N) is 2. The lowest BCUT2D eigenvalue weighted by Crippen LogP contribution is -2.18. The number of hydrogen-bond acceptors (Lipinski definition) is 2. The van der Waals surface area contributed by atoms with Crippen LogP contribution in [0.25, 0.3) is 0 Å². The fourth-order valence-corrected chi connectivity index (χ4v) is 1.14. The molecule has 1 aromatic heterocycles. The molecule has 0 radical (unpaired) electrons. The van der Waals surface area contributed by atoms with E-state index in [2.05, 4.69) is 10.4 Å². The molecular weight excluding hydrogens is 247 g/mol. The molecule has 0 aliphatic carbocycles. The molecule has 0 fully saturated rings. The van der Waals surface area contributed by atoms with Crippen LogP contribution in [0.5, 0.6) is 0 Å². The Morgan fingerprint density at radius 2 is 2.25 bits per heavy atom. The van der Waals surface area contributed by atoms with Gasteiger partial charge in [0, 0.05) is 11.8 Å². The van der Waals surface area contributed by atoms with Crippen LogP contribution in [0.2, 0.25) is 0 Å². The van der Waals surface area contributed by atoms with E-state index in [1.54, 1.807) is 6.92 Å². The number of carbonyl (C=O) groups excluding carboxylic acids is 1. The number of aryl methyl sites for hydroxylation is 1. The van der Waals surface area contributed by atoms with Crippen LogP contribution in [0.3, 0.4) is 0 Å². The van der Waals surface area contributed by atoms with Crippen LogP contribution in [-0.4, -0.2) is 27.7 Å². The third-order valence-corrected chi connectivity index (χ3v) is 1.91. The number of anilines is 1. The monoisotopic (exact) mass is 255 g/mol. The van der Waals surface area contributed by atoms with Crippen LogP contribution in [0.1, 0.15) is 5.56 Å². The predicted molar refractivity (Wildman–Crippen MR) is 52.4 cm³/mol. The fourth-order valence-electron chi connectivity index (χ4n) is 1.07. The number of aromatic nitrogens is 2. The van der Waals surface area contributed by atoms with Crippen LogP contribution in [-0.2, 0) is 11.3 Å². The van der Waals surface area contributed by atoms with Crippen molar-refractivity contribution in [1.29, 1.82) is 0 Å². The minimum Gasteiger partial charge on any atom is -0.308 e. The summed E-state index contributed by atoms with van der Waals surface area (Å²) in [5.41, 5.74) is 0.447. The van der Waals surface area contributed by atoms with Crippen LogP contribution in [0, 0.1) is 6.92 Å². The van der Waals surface area contributed by atoms with E-state index in [-0.39, 0.29) is 11.7 Å². The van der Waals surface area contributed by atoms with Gasteiger partial charge in [-0.3, -0.25) is 9.48 Å². The highest BCUT2D eigenvalue weighted by Crippen LogP contribution is 2.19. The summed E-state index contributed by atoms with van der Waals surface area (Å²) < 4.78 is 36.8. The lowest BCUT2D eigenvalue weighted by atomic mass is 10.4. The van der Waals surface area contributed by atoms with Gasteiger partial charge >= 0.3 is 6.18 Å². The van der Waals surface area contributed by atoms with Crippen LogP contribution in [0.15, 0.2) is 6.20 Å². The Balaban J connectivity index is 2.78. The van der Waals surface area contributed by atoms with Crippen molar-refractivity contribution in [2.24, 2.45) is 0 Å². The van der Waals surface area contributed by atoms with Gasteiger partial charge in [-0.15, -0.1) is 11.6 Å². The molecule has 0 aliphatic heterocycles. The number of amides is 1. The maximum Gasteiger partial charge on any atom is 0.408 e. The second-order valence-electron chi connectivity index (χ2n) is 3.16. The lowest BCUT2D eigenvalue weighted by Gasteiger charge is -2.05. The Labute approximate surface area is 94.4 Å². The molecule has 0 aromatic carbocycles. The molecular formula is C8H9ClF3N3O. The maximum atomic E-state index is 12.0. The first-order chi connectivity index (χ1) is 7.31. The molecule has 0 aliphatic rings. The number of carbonyl (C=O) groups is 1. The zero-order valence-corrected chi connectivity index (χ0v) is 9.06. The van der Waals surface area contributed by atoms with Crippen molar-refractivity contribution in [3.8, 4) is 0 Å². The molecule has 90 valence electrons. The van der Waals surface area contributed by atoms with E-state index in [0.29, 0.717) is 5.56 Å². The molecule has 0 atom stereocenters. The number of halogens is 4. The van der Waals surface area contributed by atoms with Crippen LogP contribution in [0.4, 0.5) is 19.0 Å². The molecule has 0 bridgehead atoms. The van der Waals surface area contributed by atoms with Gasteiger partial charge in [0.05, 0.1) is 0 Å². The van der Waals surface area contributed by atoms with E-state index in [9.17, 15) is 18.0 Å². The summed E-state index contributed by atoms with van der Waals surface area (Å²) in [6.45, 7) is 0.355. The molecule has 0 saturated carbocycles. The Kier molecular flexibility index (Phi) is 3.79. The number of alkyl halides is 4. The quantitative estimate of drug-likeness (QED) is 0.839. The van der Waals surface area contributed by atoms with Gasteiger partial charge in [0.1, 0.15) is 12.4 Å². The molecule has 16 heavy (non-hydrogen) atoms. The SMILES string of the molecule is Cc1cn(CC(F)(F)F)nc1NC(=O)CCl. The van der Waals surface area contributed by atoms with Gasteiger partial charge in [0.2, 0.25) is 5.91 Å². The van der Waals surface area contributed by atoms with E-state index in [4.69, 9.17) is 11.6 Å². The molecule has 4 nitrogen and oxygen atoms in total. The van der Waals surface area contributed by atoms with Crippen LogP contribution >= 0.6 is 11.6 Å². The van der Waals surface area contributed by atoms with E-state index < -0.39 is 18.6 Å². The van der Waals surface area contributed by atoms with E-state index in [1.165, 1.54) is 6.20 Å². The summed E-state index contributed by atoms with van der Waals surface area (Å²) in [7, 11) is 0. The minimum absolute atomic E-state index is 0.0925. The second-order valence-corrected chi connectivity index (χ2v) is 3.42. The average Bonchev–Trinajstić information content (AvgIpc) is 2.43. The van der Waals surface area contributed by atoms with Gasteiger partial charge in [-0.1, -0.05) is 0 Å². The van der Waals surface area contributed by atoms with Crippen molar-refractivity contribution in [3.63, 3.8) is 0 Å². The summed E-state index contributed by atoms with van der Waals surface area (Å²) in [5, 5.41) is 5.89. The first kappa shape index (κ1) is 12.8. The van der Waals surface area contributed by atoms with Gasteiger partial charge in [0.25, 0.3) is 0 Å². The van der Waals surface area contributed by atoms with Crippen molar-refractivity contribution in [1.82, 2.24) is 9.78 Å². The largest absolute Gasteiger partial charge is 0.408 e. The smallest absolute Gasteiger partial charge is 0.308 e. The first-order valence-corrected chi connectivity index (χ1v) is 4.82. The zero-order valence-electron chi connectivity index (χ0n) is 8.31. The Morgan fingerprint density at radius 3 is 2.75 bits per heavy atom. The van der Waals surface area contributed by atoms with E-state index in [0.717, 1.165) is 4.68 Å². The molecule has 0 spiro atoms. The van der Waals surface area contributed by atoms with Crippen molar-refractivity contribution in [2.45, 2.75) is 19.6 Å². The fraction of sp³-hybridized carbons (Fsp3) is 0.500. The van der Waals surface area contributed by atoms with E-state index in [1.807, 2.05) is 0 Å². The summed E-state index contributed by atoms with van der Waals surface area (Å²) in [6.07, 6.45) is -3.14.